The molecule has 1 aromatic heterocycles. The standard InChI is InChI=1S/C25H24N4O5/c1-3-26-25(32)29-17-7-5-4-6-15(17)16-11-18-24(31)27(2)12-21(30)28(18)22(23(16)29)14-8-9-19-20(10-14)34-13-33-19/h4-10,18,22H,3,11-13H2,1-2H3,(H,26,32)/t18?,22-/m1/s1. The van der Waals surface area contributed by atoms with E-state index in [1.54, 1.807) is 16.5 Å². The van der Waals surface area contributed by atoms with Crippen molar-refractivity contribution in [3.63, 3.8) is 0 Å². The lowest BCUT2D eigenvalue weighted by atomic mass is 9.86. The minimum atomic E-state index is -0.650. The summed E-state index contributed by atoms with van der Waals surface area (Å²) in [6.45, 7) is 2.45. The van der Waals surface area contributed by atoms with Crippen LogP contribution in [0.4, 0.5) is 4.79 Å². The zero-order valence-corrected chi connectivity index (χ0v) is 18.9. The normalized spacial score (nSPS) is 21.0. The summed E-state index contributed by atoms with van der Waals surface area (Å²) in [5, 5.41) is 3.81. The third-order valence-electron chi connectivity index (χ3n) is 6.86. The van der Waals surface area contributed by atoms with Gasteiger partial charge in [-0.3, -0.25) is 14.2 Å². The van der Waals surface area contributed by atoms with Gasteiger partial charge in [-0.2, -0.15) is 0 Å². The number of benzene rings is 2. The van der Waals surface area contributed by atoms with Gasteiger partial charge in [-0.05, 0) is 36.2 Å². The maximum Gasteiger partial charge on any atom is 0.326 e. The van der Waals surface area contributed by atoms with Gasteiger partial charge in [0, 0.05) is 25.4 Å². The van der Waals surface area contributed by atoms with Crippen LogP contribution in [0.5, 0.6) is 11.5 Å². The molecule has 3 aliphatic rings. The van der Waals surface area contributed by atoms with Crippen molar-refractivity contribution in [2.75, 3.05) is 26.9 Å². The Hall–Kier alpha value is -4.01. The number of amides is 3. The molecule has 3 aliphatic heterocycles. The molecule has 1 N–H and O–H groups in total. The molecule has 9 nitrogen and oxygen atoms in total. The monoisotopic (exact) mass is 460 g/mol. The number of ether oxygens (including phenoxy) is 2. The SMILES string of the molecule is CCNC(=O)n1c2c(c3ccccc31)CC1C(=O)N(C)CC(=O)N1[C@@H]2c1ccc2c(c1)OCO2. The highest BCUT2D eigenvalue weighted by Gasteiger charge is 2.49. The van der Waals surface area contributed by atoms with Crippen LogP contribution >= 0.6 is 0 Å². The van der Waals surface area contributed by atoms with Crippen molar-refractivity contribution in [1.29, 1.82) is 0 Å². The van der Waals surface area contributed by atoms with E-state index in [9.17, 15) is 14.4 Å². The number of aromatic nitrogens is 1. The molecule has 1 saturated heterocycles. The average Bonchev–Trinajstić information content (AvgIpc) is 3.43. The number of fused-ring (bicyclic) bond motifs is 5. The number of nitrogens with zero attached hydrogens (tertiary/aromatic N) is 3. The molecule has 0 spiro atoms. The zero-order valence-electron chi connectivity index (χ0n) is 18.9. The molecule has 2 aromatic carbocycles. The van der Waals surface area contributed by atoms with Crippen LogP contribution in [0.1, 0.15) is 29.8 Å². The van der Waals surface area contributed by atoms with Crippen molar-refractivity contribution < 1.29 is 23.9 Å². The predicted octanol–water partition coefficient (Wildman–Crippen LogP) is 2.26. The summed E-state index contributed by atoms with van der Waals surface area (Å²) in [6, 6.07) is 11.6. The predicted molar refractivity (Wildman–Crippen MR) is 123 cm³/mol. The molecule has 1 fully saturated rings. The van der Waals surface area contributed by atoms with E-state index in [-0.39, 0.29) is 31.2 Å². The smallest absolute Gasteiger partial charge is 0.326 e. The second-order valence-electron chi connectivity index (χ2n) is 8.78. The summed E-state index contributed by atoms with van der Waals surface area (Å²) in [7, 11) is 1.65. The van der Waals surface area contributed by atoms with E-state index in [1.807, 2.05) is 49.4 Å². The quantitative estimate of drug-likeness (QED) is 0.633. The van der Waals surface area contributed by atoms with Crippen molar-refractivity contribution in [3.8, 4) is 11.5 Å². The van der Waals surface area contributed by atoms with E-state index < -0.39 is 12.1 Å². The molecule has 3 amide bonds. The van der Waals surface area contributed by atoms with Crippen molar-refractivity contribution in [1.82, 2.24) is 19.7 Å². The summed E-state index contributed by atoms with van der Waals surface area (Å²) < 4.78 is 12.7. The summed E-state index contributed by atoms with van der Waals surface area (Å²) in [5.74, 6) is 0.940. The topological polar surface area (TPSA) is 93.1 Å². The van der Waals surface area contributed by atoms with Gasteiger partial charge in [0.25, 0.3) is 0 Å². The van der Waals surface area contributed by atoms with Gasteiger partial charge < -0.3 is 24.6 Å². The van der Waals surface area contributed by atoms with Crippen LogP contribution in [0.25, 0.3) is 10.9 Å². The highest BCUT2D eigenvalue weighted by Crippen LogP contribution is 2.46. The molecule has 0 saturated carbocycles. The first-order valence-electron chi connectivity index (χ1n) is 11.4. The lowest BCUT2D eigenvalue weighted by Crippen LogP contribution is -2.62. The second-order valence-corrected chi connectivity index (χ2v) is 8.78. The molecule has 174 valence electrons. The van der Waals surface area contributed by atoms with Crippen molar-refractivity contribution >= 4 is 28.7 Å². The molecular weight excluding hydrogens is 436 g/mol. The Balaban J connectivity index is 1.65. The minimum Gasteiger partial charge on any atom is -0.454 e. The number of rotatable bonds is 2. The van der Waals surface area contributed by atoms with Gasteiger partial charge >= 0.3 is 6.03 Å². The Bertz CT molecular complexity index is 1360. The zero-order chi connectivity index (χ0) is 23.6. The van der Waals surface area contributed by atoms with E-state index in [1.165, 1.54) is 4.90 Å². The molecular formula is C25H24N4O5. The number of para-hydroxylation sites is 1. The fourth-order valence-corrected chi connectivity index (χ4v) is 5.42. The van der Waals surface area contributed by atoms with E-state index in [2.05, 4.69) is 5.32 Å². The highest BCUT2D eigenvalue weighted by atomic mass is 16.7. The number of likely N-dealkylation sites (N-methyl/N-ethyl adjacent to an activating group) is 1. The number of hydrogen-bond donors (Lipinski definition) is 1. The number of hydrogen-bond acceptors (Lipinski definition) is 5. The Morgan fingerprint density at radius 3 is 2.74 bits per heavy atom. The van der Waals surface area contributed by atoms with Gasteiger partial charge in [0.2, 0.25) is 18.6 Å². The highest BCUT2D eigenvalue weighted by molar-refractivity contribution is 6.00. The molecule has 2 atom stereocenters. The number of carbonyl (C=O) groups excluding carboxylic acids is 3. The Morgan fingerprint density at radius 1 is 1.12 bits per heavy atom. The van der Waals surface area contributed by atoms with Gasteiger partial charge in [0.05, 0.1) is 23.8 Å². The molecule has 0 bridgehead atoms. The van der Waals surface area contributed by atoms with Crippen LogP contribution < -0.4 is 14.8 Å². The first-order chi connectivity index (χ1) is 16.5. The summed E-state index contributed by atoms with van der Waals surface area (Å²) in [4.78, 5) is 43.1. The first kappa shape index (κ1) is 20.6. The maximum absolute atomic E-state index is 13.4. The summed E-state index contributed by atoms with van der Waals surface area (Å²) >= 11 is 0. The Kier molecular flexibility index (Phi) is 4.55. The molecule has 4 heterocycles. The molecule has 34 heavy (non-hydrogen) atoms. The lowest BCUT2D eigenvalue weighted by molar-refractivity contribution is -0.157. The number of piperazine rings is 1. The lowest BCUT2D eigenvalue weighted by Gasteiger charge is -2.46. The van der Waals surface area contributed by atoms with Gasteiger partial charge in [-0.1, -0.05) is 24.3 Å². The molecule has 0 radical (unpaired) electrons. The van der Waals surface area contributed by atoms with E-state index in [0.29, 0.717) is 30.2 Å². The van der Waals surface area contributed by atoms with Crippen molar-refractivity contribution in [3.05, 3.63) is 59.3 Å². The van der Waals surface area contributed by atoms with Crippen LogP contribution in [0.15, 0.2) is 42.5 Å². The maximum atomic E-state index is 13.4. The molecule has 3 aromatic rings. The van der Waals surface area contributed by atoms with Crippen LogP contribution in [0.2, 0.25) is 0 Å². The van der Waals surface area contributed by atoms with Crippen molar-refractivity contribution in [2.24, 2.45) is 0 Å². The van der Waals surface area contributed by atoms with Crippen molar-refractivity contribution in [2.45, 2.75) is 25.4 Å². The Morgan fingerprint density at radius 2 is 1.91 bits per heavy atom. The van der Waals surface area contributed by atoms with Crippen LogP contribution in [0, 0.1) is 0 Å². The number of carbonyl (C=O) groups is 3. The van der Waals surface area contributed by atoms with Crippen LogP contribution in [-0.4, -0.2) is 65.2 Å². The van der Waals surface area contributed by atoms with Crippen LogP contribution in [-0.2, 0) is 16.0 Å². The average molecular weight is 460 g/mol. The summed E-state index contributed by atoms with van der Waals surface area (Å²) in [5.41, 5.74) is 3.11. The Labute approximate surface area is 195 Å². The third kappa shape index (κ3) is 2.82. The van der Waals surface area contributed by atoms with E-state index in [4.69, 9.17) is 9.47 Å². The van der Waals surface area contributed by atoms with Crippen LogP contribution in [0.3, 0.4) is 0 Å². The fraction of sp³-hybridized carbons (Fsp3) is 0.320. The van der Waals surface area contributed by atoms with E-state index in [0.717, 1.165) is 22.0 Å². The van der Waals surface area contributed by atoms with Gasteiger partial charge in [-0.15, -0.1) is 0 Å². The third-order valence-corrected chi connectivity index (χ3v) is 6.86. The minimum absolute atomic E-state index is 0.00684. The van der Waals surface area contributed by atoms with Gasteiger partial charge in [0.15, 0.2) is 11.5 Å². The molecule has 6 rings (SSSR count). The molecule has 0 aliphatic carbocycles. The molecule has 1 unspecified atom stereocenters. The second kappa shape index (κ2) is 7.51. The fourth-order valence-electron chi connectivity index (χ4n) is 5.42. The number of nitrogens with one attached hydrogen (secondary N) is 1. The molecule has 9 heteroatoms. The van der Waals surface area contributed by atoms with E-state index >= 15 is 0 Å². The summed E-state index contributed by atoms with van der Waals surface area (Å²) in [6.07, 6.45) is 0.345. The van der Waals surface area contributed by atoms with Gasteiger partial charge in [0.1, 0.15) is 6.04 Å². The first-order valence-corrected chi connectivity index (χ1v) is 11.4. The van der Waals surface area contributed by atoms with Gasteiger partial charge in [-0.25, -0.2) is 4.79 Å². The largest absolute Gasteiger partial charge is 0.454 e.